The summed E-state index contributed by atoms with van der Waals surface area (Å²) in [6.07, 6.45) is -0.159. The van der Waals surface area contributed by atoms with Gasteiger partial charge in [-0.25, -0.2) is 0 Å². The van der Waals surface area contributed by atoms with Crippen LogP contribution in [0.2, 0.25) is 10.0 Å². The molecule has 2 atom stereocenters. The maximum absolute atomic E-state index is 12.3. The number of benzene rings is 1. The Morgan fingerprint density at radius 1 is 1.31 bits per heavy atom. The number of likely N-dealkylation sites (tertiary alicyclic amines) is 1. The molecule has 1 saturated heterocycles. The summed E-state index contributed by atoms with van der Waals surface area (Å²) in [4.78, 5) is 26.4. The predicted octanol–water partition coefficient (Wildman–Crippen LogP) is 4.25. The molecule has 1 fully saturated rings. The zero-order valence-electron chi connectivity index (χ0n) is 15.5. The summed E-state index contributed by atoms with van der Waals surface area (Å²) < 4.78 is 5.35. The molecule has 1 N–H and O–H groups in total. The molecule has 0 amide bonds. The highest BCUT2D eigenvalue weighted by atomic mass is 35.5. The maximum Gasteiger partial charge on any atom is 0.311 e. The fraction of sp³-hybridized carbons (Fsp3) is 0.579. The van der Waals surface area contributed by atoms with Crippen LogP contribution >= 0.6 is 23.2 Å². The molecule has 1 aromatic rings. The molecule has 1 heterocycles. The Balaban J connectivity index is 2.19. The number of carbonyl (C=O) groups is 2. The molecule has 144 valence electrons. The molecule has 0 bridgehead atoms. The van der Waals surface area contributed by atoms with Gasteiger partial charge in [-0.1, -0.05) is 36.2 Å². The zero-order valence-corrected chi connectivity index (χ0v) is 17.0. The first-order valence-electron chi connectivity index (χ1n) is 8.55. The topological polar surface area (TPSA) is 66.8 Å². The van der Waals surface area contributed by atoms with Crippen LogP contribution in [0.4, 0.5) is 0 Å². The third-order valence-electron chi connectivity index (χ3n) is 4.73. The first-order valence-corrected chi connectivity index (χ1v) is 9.31. The molecule has 2 rings (SSSR count). The van der Waals surface area contributed by atoms with E-state index in [2.05, 4.69) is 0 Å². The normalized spacial score (nSPS) is 23.8. The Morgan fingerprint density at radius 3 is 2.38 bits per heavy atom. The number of carboxylic acids is 1. The molecule has 5 nitrogen and oxygen atoms in total. The third kappa shape index (κ3) is 4.70. The Morgan fingerprint density at radius 2 is 1.88 bits per heavy atom. The van der Waals surface area contributed by atoms with E-state index in [0.717, 1.165) is 5.56 Å². The molecule has 0 spiro atoms. The highest BCUT2D eigenvalue weighted by molar-refractivity contribution is 6.35. The zero-order chi connectivity index (χ0) is 19.7. The second-order valence-electron chi connectivity index (χ2n) is 8.00. The van der Waals surface area contributed by atoms with Crippen LogP contribution < -0.4 is 0 Å². The van der Waals surface area contributed by atoms with E-state index in [4.69, 9.17) is 27.9 Å². The SMILES string of the molecule is C[C@@H]1CN(Cc2c(Cl)cccc2Cl)C[C@]1(CC(=O)OC(C)(C)C)C(=O)O. The minimum absolute atomic E-state index is 0.159. The first kappa shape index (κ1) is 21.0. The van der Waals surface area contributed by atoms with Gasteiger partial charge in [0.05, 0.1) is 11.8 Å². The van der Waals surface area contributed by atoms with Gasteiger partial charge >= 0.3 is 11.9 Å². The lowest BCUT2D eigenvalue weighted by Gasteiger charge is -2.29. The lowest BCUT2D eigenvalue weighted by atomic mass is 9.76. The van der Waals surface area contributed by atoms with Crippen LogP contribution in [0.1, 0.15) is 39.7 Å². The van der Waals surface area contributed by atoms with Crippen molar-refractivity contribution in [2.75, 3.05) is 13.1 Å². The molecular formula is C19H25Cl2NO4. The number of carboxylic acid groups (broad SMARTS) is 1. The summed E-state index contributed by atoms with van der Waals surface area (Å²) in [5, 5.41) is 11.0. The van der Waals surface area contributed by atoms with Crippen molar-refractivity contribution in [3.05, 3.63) is 33.8 Å². The smallest absolute Gasteiger partial charge is 0.311 e. The number of aliphatic carboxylic acids is 1. The number of carbonyl (C=O) groups excluding carboxylic acids is 1. The fourth-order valence-corrected chi connectivity index (χ4v) is 3.95. The number of nitrogens with zero attached hydrogens (tertiary/aromatic N) is 1. The highest BCUT2D eigenvalue weighted by Crippen LogP contribution is 2.41. The van der Waals surface area contributed by atoms with Crippen LogP contribution in [0.25, 0.3) is 0 Å². The van der Waals surface area contributed by atoms with Gasteiger partial charge in [0.25, 0.3) is 0 Å². The van der Waals surface area contributed by atoms with E-state index in [0.29, 0.717) is 23.1 Å². The van der Waals surface area contributed by atoms with Crippen LogP contribution in [0.3, 0.4) is 0 Å². The molecular weight excluding hydrogens is 377 g/mol. The predicted molar refractivity (Wildman–Crippen MR) is 101 cm³/mol. The molecule has 0 radical (unpaired) electrons. The van der Waals surface area contributed by atoms with E-state index in [1.165, 1.54) is 0 Å². The van der Waals surface area contributed by atoms with Gasteiger partial charge in [0, 0.05) is 35.2 Å². The van der Waals surface area contributed by atoms with E-state index >= 15 is 0 Å². The summed E-state index contributed by atoms with van der Waals surface area (Å²) in [6.45, 7) is 8.37. The van der Waals surface area contributed by atoms with E-state index in [-0.39, 0.29) is 18.9 Å². The third-order valence-corrected chi connectivity index (χ3v) is 5.44. The van der Waals surface area contributed by atoms with Crippen molar-refractivity contribution < 1.29 is 19.4 Å². The van der Waals surface area contributed by atoms with Gasteiger partial charge < -0.3 is 9.84 Å². The Bertz CT molecular complexity index is 681. The van der Waals surface area contributed by atoms with Crippen molar-refractivity contribution >= 4 is 35.1 Å². The van der Waals surface area contributed by atoms with Gasteiger partial charge in [0.1, 0.15) is 5.60 Å². The quantitative estimate of drug-likeness (QED) is 0.746. The number of hydrogen-bond acceptors (Lipinski definition) is 4. The summed E-state index contributed by atoms with van der Waals surface area (Å²) in [7, 11) is 0. The number of halogens is 2. The summed E-state index contributed by atoms with van der Waals surface area (Å²) in [6, 6.07) is 5.28. The Labute approximate surface area is 164 Å². The molecule has 0 aromatic heterocycles. The maximum atomic E-state index is 12.3. The molecule has 0 saturated carbocycles. The van der Waals surface area contributed by atoms with Gasteiger partial charge in [-0.3, -0.25) is 14.5 Å². The Kier molecular flexibility index (Phi) is 6.26. The molecule has 7 heteroatoms. The minimum atomic E-state index is -1.18. The van der Waals surface area contributed by atoms with Crippen LogP contribution in [0.15, 0.2) is 18.2 Å². The minimum Gasteiger partial charge on any atom is -0.481 e. The van der Waals surface area contributed by atoms with Crippen molar-refractivity contribution in [2.45, 2.75) is 46.3 Å². The number of ether oxygens (including phenoxy) is 1. The standard InChI is InChI=1S/C19H25Cl2NO4/c1-12-9-22(10-13-14(20)6-5-7-15(13)21)11-19(12,17(24)25)8-16(23)26-18(2,3)4/h5-7,12H,8-11H2,1-4H3,(H,24,25)/t12-,19+/m1/s1. The fourth-order valence-electron chi connectivity index (χ4n) is 3.43. The van der Waals surface area contributed by atoms with Crippen molar-refractivity contribution in [3.63, 3.8) is 0 Å². The second kappa shape index (κ2) is 7.75. The lowest BCUT2D eigenvalue weighted by Crippen LogP contribution is -2.41. The number of esters is 1. The monoisotopic (exact) mass is 401 g/mol. The van der Waals surface area contributed by atoms with Crippen LogP contribution in [0.5, 0.6) is 0 Å². The van der Waals surface area contributed by atoms with Crippen molar-refractivity contribution in [1.82, 2.24) is 4.90 Å². The second-order valence-corrected chi connectivity index (χ2v) is 8.81. The average molecular weight is 402 g/mol. The van der Waals surface area contributed by atoms with Gasteiger partial charge in [-0.05, 0) is 38.8 Å². The summed E-state index contributed by atoms with van der Waals surface area (Å²) >= 11 is 12.5. The molecule has 0 unspecified atom stereocenters. The van der Waals surface area contributed by atoms with Crippen LogP contribution in [-0.4, -0.2) is 40.6 Å². The van der Waals surface area contributed by atoms with E-state index in [9.17, 15) is 14.7 Å². The number of rotatable bonds is 5. The molecule has 1 aliphatic rings. The van der Waals surface area contributed by atoms with Crippen LogP contribution in [-0.2, 0) is 20.9 Å². The molecule has 1 aromatic carbocycles. The van der Waals surface area contributed by atoms with Gasteiger partial charge in [-0.2, -0.15) is 0 Å². The van der Waals surface area contributed by atoms with Gasteiger partial charge in [0.2, 0.25) is 0 Å². The molecule has 26 heavy (non-hydrogen) atoms. The average Bonchev–Trinajstić information content (AvgIpc) is 2.78. The largest absolute Gasteiger partial charge is 0.481 e. The molecule has 1 aliphatic heterocycles. The number of hydrogen-bond donors (Lipinski definition) is 1. The van der Waals surface area contributed by atoms with Crippen molar-refractivity contribution in [1.29, 1.82) is 0 Å². The van der Waals surface area contributed by atoms with E-state index in [1.807, 2.05) is 11.8 Å². The lowest BCUT2D eigenvalue weighted by molar-refractivity contribution is -0.166. The summed E-state index contributed by atoms with van der Waals surface area (Å²) in [5.74, 6) is -1.69. The van der Waals surface area contributed by atoms with E-state index in [1.54, 1.807) is 39.0 Å². The van der Waals surface area contributed by atoms with Crippen LogP contribution in [0, 0.1) is 11.3 Å². The Hall–Kier alpha value is -1.30. The van der Waals surface area contributed by atoms with Crippen molar-refractivity contribution in [2.24, 2.45) is 11.3 Å². The first-order chi connectivity index (χ1) is 11.9. The van der Waals surface area contributed by atoms with Gasteiger partial charge in [0.15, 0.2) is 0 Å². The van der Waals surface area contributed by atoms with Crippen molar-refractivity contribution in [3.8, 4) is 0 Å². The molecule has 0 aliphatic carbocycles. The summed E-state index contributed by atoms with van der Waals surface area (Å²) in [5.41, 5.74) is -1.07. The van der Waals surface area contributed by atoms with Gasteiger partial charge in [-0.15, -0.1) is 0 Å². The highest BCUT2D eigenvalue weighted by Gasteiger charge is 2.52. The van der Waals surface area contributed by atoms with E-state index < -0.39 is 23.0 Å².